The van der Waals surface area contributed by atoms with E-state index in [1.807, 2.05) is 0 Å². The van der Waals surface area contributed by atoms with E-state index in [1.54, 1.807) is 0 Å². The predicted octanol–water partition coefficient (Wildman–Crippen LogP) is 2.19. The van der Waals surface area contributed by atoms with Gasteiger partial charge in [-0.3, -0.25) is 0 Å². The Kier molecular flexibility index (Phi) is 1.35. The molecule has 1 N–H and O–H groups in total. The van der Waals surface area contributed by atoms with Crippen molar-refractivity contribution in [2.75, 3.05) is 0 Å². The summed E-state index contributed by atoms with van der Waals surface area (Å²) in [6, 6.07) is 2.48. The Morgan fingerprint density at radius 3 is 2.57 bits per heavy atom. The summed E-state index contributed by atoms with van der Waals surface area (Å²) >= 11 is 0. The van der Waals surface area contributed by atoms with Gasteiger partial charge in [0.05, 0.1) is 17.1 Å². The van der Waals surface area contributed by atoms with Crippen LogP contribution in [0.5, 0.6) is 0 Å². The zero-order chi connectivity index (χ0) is 10.0. The lowest BCUT2D eigenvalue weighted by Crippen LogP contribution is -2.58. The first kappa shape index (κ1) is 8.73. The molecule has 75 valence electrons. The van der Waals surface area contributed by atoms with Gasteiger partial charge >= 0.3 is 0 Å². The third-order valence-electron chi connectivity index (χ3n) is 4.27. The Balaban J connectivity index is 2.06. The molecule has 2 heteroatoms. The summed E-state index contributed by atoms with van der Waals surface area (Å²) in [5.74, 6) is 1.44. The van der Waals surface area contributed by atoms with E-state index < -0.39 is 5.60 Å². The van der Waals surface area contributed by atoms with Gasteiger partial charge in [-0.1, -0.05) is 6.92 Å². The molecular formula is C12H16NO. The normalized spacial score (nSPS) is 56.1. The van der Waals surface area contributed by atoms with E-state index in [2.05, 4.69) is 13.0 Å². The smallest absolute Gasteiger partial charge is 0.0691 e. The van der Waals surface area contributed by atoms with Gasteiger partial charge < -0.3 is 5.11 Å². The molecule has 0 aromatic carbocycles. The van der Waals surface area contributed by atoms with E-state index in [0.29, 0.717) is 0 Å². The van der Waals surface area contributed by atoms with Crippen molar-refractivity contribution in [2.24, 2.45) is 10.8 Å². The van der Waals surface area contributed by atoms with Crippen LogP contribution in [0.2, 0.25) is 0 Å². The van der Waals surface area contributed by atoms with Crippen LogP contribution in [0.25, 0.3) is 0 Å². The average molecular weight is 190 g/mol. The fourth-order valence-electron chi connectivity index (χ4n) is 4.66. The molecule has 4 aliphatic carbocycles. The molecule has 3 atom stereocenters. The molecule has 0 amide bonds. The van der Waals surface area contributed by atoms with E-state index in [1.165, 1.54) is 5.92 Å². The highest BCUT2D eigenvalue weighted by Crippen LogP contribution is 2.66. The van der Waals surface area contributed by atoms with Crippen LogP contribution in [0.4, 0.5) is 0 Å². The molecule has 4 saturated carbocycles. The maximum absolute atomic E-state index is 10.4. The molecule has 0 saturated heterocycles. The lowest BCUT2D eigenvalue weighted by Gasteiger charge is -2.61. The molecule has 0 aromatic heterocycles. The standard InChI is InChI=1S/C12H16NO/c1-10-2-9-3-11(5-10,8-13)7-12(14,4-9)6-10/h14H,2-7H2,1H3. The molecule has 14 heavy (non-hydrogen) atoms. The SMILES string of the molecule is CC12C[C]3CC(O)(C1)CC(C#N)(C3)C2. The zero-order valence-corrected chi connectivity index (χ0v) is 8.64. The highest BCUT2D eigenvalue weighted by Gasteiger charge is 2.61. The Morgan fingerprint density at radius 1 is 1.21 bits per heavy atom. The fraction of sp³-hybridized carbons (Fsp3) is 0.833. The molecular weight excluding hydrogens is 174 g/mol. The van der Waals surface area contributed by atoms with E-state index >= 15 is 0 Å². The lowest BCUT2D eigenvalue weighted by molar-refractivity contribution is -0.139. The van der Waals surface area contributed by atoms with Crippen molar-refractivity contribution in [3.63, 3.8) is 0 Å². The summed E-state index contributed by atoms with van der Waals surface area (Å²) < 4.78 is 0. The first-order chi connectivity index (χ1) is 6.47. The Hall–Kier alpha value is -0.550. The minimum atomic E-state index is -0.533. The van der Waals surface area contributed by atoms with Crippen molar-refractivity contribution in [2.45, 2.75) is 51.0 Å². The van der Waals surface area contributed by atoms with Crippen LogP contribution in [0, 0.1) is 28.1 Å². The zero-order valence-electron chi connectivity index (χ0n) is 8.64. The molecule has 0 spiro atoms. The van der Waals surface area contributed by atoms with Gasteiger partial charge in [0.25, 0.3) is 0 Å². The fourth-order valence-corrected chi connectivity index (χ4v) is 4.66. The first-order valence-corrected chi connectivity index (χ1v) is 5.44. The molecule has 2 nitrogen and oxygen atoms in total. The largest absolute Gasteiger partial charge is 0.390 e. The first-order valence-electron chi connectivity index (χ1n) is 5.44. The van der Waals surface area contributed by atoms with Gasteiger partial charge in [-0.15, -0.1) is 0 Å². The van der Waals surface area contributed by atoms with Crippen molar-refractivity contribution >= 4 is 0 Å². The van der Waals surface area contributed by atoms with E-state index in [-0.39, 0.29) is 10.8 Å². The minimum Gasteiger partial charge on any atom is -0.390 e. The van der Waals surface area contributed by atoms with E-state index in [0.717, 1.165) is 38.5 Å². The monoisotopic (exact) mass is 190 g/mol. The molecule has 4 aliphatic rings. The van der Waals surface area contributed by atoms with Gasteiger partial charge in [0.2, 0.25) is 0 Å². The van der Waals surface area contributed by atoms with Gasteiger partial charge in [-0.25, -0.2) is 0 Å². The lowest BCUT2D eigenvalue weighted by atomic mass is 9.43. The van der Waals surface area contributed by atoms with Gasteiger partial charge in [-0.2, -0.15) is 5.26 Å². The summed E-state index contributed by atoms with van der Waals surface area (Å²) in [6.45, 7) is 2.24. The van der Waals surface area contributed by atoms with Crippen LogP contribution in [0.1, 0.15) is 45.4 Å². The molecule has 4 bridgehead atoms. The maximum atomic E-state index is 10.4. The highest BCUT2D eigenvalue weighted by atomic mass is 16.3. The molecule has 4 rings (SSSR count). The molecule has 3 unspecified atom stereocenters. The van der Waals surface area contributed by atoms with Crippen molar-refractivity contribution in [3.8, 4) is 6.07 Å². The molecule has 0 aliphatic heterocycles. The van der Waals surface area contributed by atoms with Gasteiger partial charge in [0.1, 0.15) is 0 Å². The van der Waals surface area contributed by atoms with Gasteiger partial charge in [0, 0.05) is 0 Å². The third-order valence-corrected chi connectivity index (χ3v) is 4.27. The Bertz CT molecular complexity index is 312. The molecule has 0 aromatic rings. The second-order valence-corrected chi connectivity index (χ2v) is 6.24. The van der Waals surface area contributed by atoms with Crippen molar-refractivity contribution < 1.29 is 5.11 Å². The van der Waals surface area contributed by atoms with Crippen LogP contribution in [-0.2, 0) is 0 Å². The number of hydrogen-bond acceptors (Lipinski definition) is 2. The Morgan fingerprint density at radius 2 is 2.00 bits per heavy atom. The van der Waals surface area contributed by atoms with Crippen molar-refractivity contribution in [1.29, 1.82) is 5.26 Å². The average Bonchev–Trinajstić information content (AvgIpc) is 1.97. The number of nitriles is 1. The van der Waals surface area contributed by atoms with Gasteiger partial charge in [-0.05, 0) is 49.9 Å². The number of rotatable bonds is 0. The van der Waals surface area contributed by atoms with Crippen molar-refractivity contribution in [3.05, 3.63) is 5.92 Å². The van der Waals surface area contributed by atoms with Crippen LogP contribution >= 0.6 is 0 Å². The van der Waals surface area contributed by atoms with Crippen LogP contribution in [0.3, 0.4) is 0 Å². The number of aliphatic hydroxyl groups is 1. The minimum absolute atomic E-state index is 0.215. The molecule has 0 heterocycles. The second kappa shape index (κ2) is 2.17. The van der Waals surface area contributed by atoms with Crippen LogP contribution in [-0.4, -0.2) is 10.7 Å². The highest BCUT2D eigenvalue weighted by molar-refractivity contribution is 5.26. The molecule has 1 radical (unpaired) electrons. The third kappa shape index (κ3) is 0.995. The Labute approximate surface area is 84.9 Å². The summed E-state index contributed by atoms with van der Waals surface area (Å²) in [5, 5.41) is 19.7. The van der Waals surface area contributed by atoms with Gasteiger partial charge in [0.15, 0.2) is 0 Å². The topological polar surface area (TPSA) is 44.0 Å². The van der Waals surface area contributed by atoms with Crippen LogP contribution in [0.15, 0.2) is 0 Å². The quantitative estimate of drug-likeness (QED) is 0.636. The summed E-state index contributed by atoms with van der Waals surface area (Å²) in [7, 11) is 0. The maximum Gasteiger partial charge on any atom is 0.0691 e. The second-order valence-electron chi connectivity index (χ2n) is 6.24. The van der Waals surface area contributed by atoms with Crippen molar-refractivity contribution in [1.82, 2.24) is 0 Å². The molecule has 4 fully saturated rings. The summed E-state index contributed by atoms with van der Waals surface area (Å²) in [6.07, 6.45) is 5.61. The van der Waals surface area contributed by atoms with Crippen LogP contribution < -0.4 is 0 Å². The summed E-state index contributed by atoms with van der Waals surface area (Å²) in [4.78, 5) is 0. The predicted molar refractivity (Wildman–Crippen MR) is 52.0 cm³/mol. The number of hydrogen-bond donors (Lipinski definition) is 1. The number of nitrogens with zero attached hydrogens (tertiary/aromatic N) is 1. The summed E-state index contributed by atoms with van der Waals surface area (Å²) in [5.41, 5.74) is -0.531. The van der Waals surface area contributed by atoms with E-state index in [4.69, 9.17) is 0 Å². The van der Waals surface area contributed by atoms with E-state index in [9.17, 15) is 10.4 Å².